The van der Waals surface area contributed by atoms with Gasteiger partial charge in [0.2, 0.25) is 0 Å². The highest BCUT2D eigenvalue weighted by molar-refractivity contribution is 5.56. The van der Waals surface area contributed by atoms with Crippen molar-refractivity contribution in [2.24, 2.45) is 11.8 Å². The summed E-state index contributed by atoms with van der Waals surface area (Å²) in [5.74, 6) is 3.87. The first-order valence-electron chi connectivity index (χ1n) is 13.6. The Kier molecular flexibility index (Phi) is 10.4. The van der Waals surface area contributed by atoms with E-state index in [2.05, 4.69) is 12.2 Å². The van der Waals surface area contributed by atoms with E-state index in [4.69, 9.17) is 33.2 Å². The maximum absolute atomic E-state index is 11.4. The quantitative estimate of drug-likeness (QED) is 0.276. The van der Waals surface area contributed by atoms with E-state index in [0.717, 1.165) is 29.5 Å². The van der Waals surface area contributed by atoms with Crippen LogP contribution in [0.25, 0.3) is 6.08 Å². The second-order valence-electron chi connectivity index (χ2n) is 9.94. The summed E-state index contributed by atoms with van der Waals surface area (Å²) in [5.41, 5.74) is 2.77. The largest absolute Gasteiger partial charge is 0.493 e. The van der Waals surface area contributed by atoms with Crippen molar-refractivity contribution in [1.82, 2.24) is 0 Å². The maximum atomic E-state index is 11.4. The van der Waals surface area contributed by atoms with E-state index in [1.807, 2.05) is 54.6 Å². The van der Waals surface area contributed by atoms with Crippen LogP contribution in [-0.2, 0) is 4.74 Å². The predicted octanol–water partition coefficient (Wildman–Crippen LogP) is 6.27. The lowest BCUT2D eigenvalue weighted by Crippen LogP contribution is -2.32. The average molecular weight is 565 g/mol. The number of hydrogen-bond donors (Lipinski definition) is 1. The summed E-state index contributed by atoms with van der Waals surface area (Å²) in [7, 11) is 9.68. The van der Waals surface area contributed by atoms with Crippen molar-refractivity contribution >= 4 is 6.08 Å². The van der Waals surface area contributed by atoms with Crippen molar-refractivity contribution in [2.75, 3.05) is 49.3 Å². The van der Waals surface area contributed by atoms with Crippen molar-refractivity contribution < 1.29 is 38.3 Å². The number of methoxy groups -OCH3 is 6. The summed E-state index contributed by atoms with van der Waals surface area (Å²) < 4.78 is 39.1. The van der Waals surface area contributed by atoms with Crippen molar-refractivity contribution in [3.05, 3.63) is 77.4 Å². The number of allylic oxidation sites excluding steroid dienone is 1. The van der Waals surface area contributed by atoms with E-state index in [0.29, 0.717) is 41.1 Å². The number of rotatable bonds is 12. The van der Waals surface area contributed by atoms with Crippen LogP contribution in [0.5, 0.6) is 34.5 Å². The molecule has 1 saturated heterocycles. The van der Waals surface area contributed by atoms with E-state index in [1.54, 1.807) is 42.7 Å². The van der Waals surface area contributed by atoms with E-state index in [9.17, 15) is 5.11 Å². The maximum Gasteiger partial charge on any atom is 0.161 e. The molecular formula is C33H40O8. The standard InChI is InChI=1S/C33H40O8/c1-35-26-13-10-21(16-29(26)38-4)8-7-9-23-17-25(32(34)22-11-14-27(36-2)30(18-22)39-5)20-41-33(23)24-12-15-28(37-3)31(19-24)40-6/h7-8,10-16,18-19,23,25,32-34H,9,17,20H2,1-6H3/b8-7+/t23-,25+,32-,33-/m1/s1. The molecule has 1 aliphatic heterocycles. The second-order valence-corrected chi connectivity index (χ2v) is 9.94. The molecule has 0 aromatic heterocycles. The van der Waals surface area contributed by atoms with E-state index < -0.39 is 6.10 Å². The Hall–Kier alpha value is -3.88. The number of benzene rings is 3. The van der Waals surface area contributed by atoms with Gasteiger partial charge >= 0.3 is 0 Å². The van der Waals surface area contributed by atoms with Gasteiger partial charge in [-0.15, -0.1) is 0 Å². The third kappa shape index (κ3) is 6.89. The van der Waals surface area contributed by atoms with Crippen LogP contribution in [0.4, 0.5) is 0 Å². The van der Waals surface area contributed by atoms with E-state index in [1.165, 1.54) is 0 Å². The van der Waals surface area contributed by atoms with Gasteiger partial charge in [-0.3, -0.25) is 0 Å². The zero-order valence-electron chi connectivity index (χ0n) is 24.6. The summed E-state index contributed by atoms with van der Waals surface area (Å²) in [6.07, 6.45) is 4.81. The van der Waals surface area contributed by atoms with Crippen LogP contribution in [0.3, 0.4) is 0 Å². The molecule has 0 bridgehead atoms. The van der Waals surface area contributed by atoms with Crippen LogP contribution in [0.2, 0.25) is 0 Å². The highest BCUT2D eigenvalue weighted by atomic mass is 16.5. The monoisotopic (exact) mass is 564 g/mol. The summed E-state index contributed by atoms with van der Waals surface area (Å²) in [5, 5.41) is 11.4. The van der Waals surface area contributed by atoms with E-state index >= 15 is 0 Å². The Bertz CT molecular complexity index is 1320. The van der Waals surface area contributed by atoms with Crippen LogP contribution in [0.1, 0.15) is 41.7 Å². The van der Waals surface area contributed by atoms with Gasteiger partial charge < -0.3 is 38.3 Å². The van der Waals surface area contributed by atoms with Gasteiger partial charge in [0.1, 0.15) is 0 Å². The van der Waals surface area contributed by atoms with Crippen molar-refractivity contribution in [1.29, 1.82) is 0 Å². The smallest absolute Gasteiger partial charge is 0.161 e. The fraction of sp³-hybridized carbons (Fsp3) is 0.394. The summed E-state index contributed by atoms with van der Waals surface area (Å²) in [6.45, 7) is 0.407. The minimum atomic E-state index is -0.724. The fourth-order valence-electron chi connectivity index (χ4n) is 5.43. The molecule has 0 radical (unpaired) electrons. The number of hydrogen-bond acceptors (Lipinski definition) is 8. The van der Waals surface area contributed by atoms with Gasteiger partial charge in [0.25, 0.3) is 0 Å². The summed E-state index contributed by atoms with van der Waals surface area (Å²) >= 11 is 0. The Morgan fingerprint density at radius 1 is 0.732 bits per heavy atom. The third-order valence-electron chi connectivity index (χ3n) is 7.61. The molecule has 3 aromatic rings. The molecule has 3 aromatic carbocycles. The first kappa shape index (κ1) is 30.1. The molecule has 0 saturated carbocycles. The molecule has 4 atom stereocenters. The molecule has 1 aliphatic rings. The number of ether oxygens (including phenoxy) is 7. The lowest BCUT2D eigenvalue weighted by atomic mass is 9.79. The summed E-state index contributed by atoms with van der Waals surface area (Å²) in [4.78, 5) is 0. The van der Waals surface area contributed by atoms with Crippen molar-refractivity contribution in [2.45, 2.75) is 25.0 Å². The van der Waals surface area contributed by atoms with Crippen molar-refractivity contribution in [3.63, 3.8) is 0 Å². The van der Waals surface area contributed by atoms with Crippen LogP contribution >= 0.6 is 0 Å². The van der Waals surface area contributed by atoms with Gasteiger partial charge in [0.15, 0.2) is 34.5 Å². The third-order valence-corrected chi connectivity index (χ3v) is 7.61. The molecule has 41 heavy (non-hydrogen) atoms. The lowest BCUT2D eigenvalue weighted by molar-refractivity contribution is -0.0901. The van der Waals surface area contributed by atoms with Gasteiger partial charge in [-0.2, -0.15) is 0 Å². The topological polar surface area (TPSA) is 84.8 Å². The molecule has 1 heterocycles. The molecule has 1 fully saturated rings. The molecule has 8 heteroatoms. The summed E-state index contributed by atoms with van der Waals surface area (Å²) in [6, 6.07) is 17.2. The molecule has 4 rings (SSSR count). The molecule has 0 spiro atoms. The zero-order valence-corrected chi connectivity index (χ0v) is 24.6. The first-order chi connectivity index (χ1) is 20.0. The van der Waals surface area contributed by atoms with Gasteiger partial charge in [-0.25, -0.2) is 0 Å². The predicted molar refractivity (Wildman–Crippen MR) is 158 cm³/mol. The Morgan fingerprint density at radius 3 is 1.93 bits per heavy atom. The molecule has 8 nitrogen and oxygen atoms in total. The number of aliphatic hydroxyl groups is 1. The highest BCUT2D eigenvalue weighted by Gasteiger charge is 2.36. The molecule has 0 amide bonds. The minimum absolute atomic E-state index is 0.0954. The SMILES string of the molecule is COc1ccc(/C=C/C[C@@H]2C[C@H]([C@H](O)c3ccc(OC)c(OC)c3)CO[C@H]2c2ccc(OC)c(OC)c2)cc1OC. The zero-order chi connectivity index (χ0) is 29.4. The Labute approximate surface area is 242 Å². The Balaban J connectivity index is 1.59. The van der Waals surface area contributed by atoms with Gasteiger partial charge in [0.05, 0.1) is 61.5 Å². The average Bonchev–Trinajstić information content (AvgIpc) is 3.03. The molecule has 1 N–H and O–H groups in total. The van der Waals surface area contributed by atoms with Crippen LogP contribution < -0.4 is 28.4 Å². The molecular weight excluding hydrogens is 524 g/mol. The number of aliphatic hydroxyl groups excluding tert-OH is 1. The van der Waals surface area contributed by atoms with Gasteiger partial charge in [-0.1, -0.05) is 30.4 Å². The molecule has 220 valence electrons. The van der Waals surface area contributed by atoms with Crippen LogP contribution in [0.15, 0.2) is 60.7 Å². The fourth-order valence-corrected chi connectivity index (χ4v) is 5.43. The van der Waals surface area contributed by atoms with Crippen LogP contribution in [0, 0.1) is 11.8 Å². The minimum Gasteiger partial charge on any atom is -0.493 e. The van der Waals surface area contributed by atoms with Crippen LogP contribution in [-0.4, -0.2) is 54.4 Å². The Morgan fingerprint density at radius 2 is 1.29 bits per heavy atom. The lowest BCUT2D eigenvalue weighted by Gasteiger charge is -2.38. The first-order valence-corrected chi connectivity index (χ1v) is 13.6. The van der Waals surface area contributed by atoms with Gasteiger partial charge in [-0.05, 0) is 71.8 Å². The van der Waals surface area contributed by atoms with E-state index in [-0.39, 0.29) is 17.9 Å². The van der Waals surface area contributed by atoms with Gasteiger partial charge in [0, 0.05) is 5.92 Å². The molecule has 0 aliphatic carbocycles. The normalized spacial score (nSPS) is 19.4. The van der Waals surface area contributed by atoms with Crippen molar-refractivity contribution in [3.8, 4) is 34.5 Å². The second kappa shape index (κ2) is 14.1. The highest BCUT2D eigenvalue weighted by Crippen LogP contribution is 2.44. The molecule has 0 unspecified atom stereocenters.